The van der Waals surface area contributed by atoms with Crippen LogP contribution in [-0.4, -0.2) is 42.6 Å². The number of nitrogens with zero attached hydrogens (tertiary/aromatic N) is 1. The molecule has 3 aliphatic rings. The highest BCUT2D eigenvalue weighted by molar-refractivity contribution is 5.85. The fraction of sp³-hybridized carbons (Fsp3) is 0.923. The van der Waals surface area contributed by atoms with E-state index < -0.39 is 0 Å². The number of halogens is 1. The number of carbonyl (C=O) groups is 1. The van der Waals surface area contributed by atoms with E-state index in [-0.39, 0.29) is 24.4 Å². The maximum atomic E-state index is 12.3. The maximum Gasteiger partial charge on any atom is 0.251 e. The molecule has 0 bridgehead atoms. The van der Waals surface area contributed by atoms with Crippen LogP contribution in [0.1, 0.15) is 32.1 Å². The third-order valence-corrected chi connectivity index (χ3v) is 4.67. The normalized spacial score (nSPS) is 39.3. The minimum atomic E-state index is -0.161. The van der Waals surface area contributed by atoms with Gasteiger partial charge in [0, 0.05) is 25.7 Å². The number of ether oxygens (including phenoxy) is 1. The van der Waals surface area contributed by atoms with Crippen molar-refractivity contribution in [2.45, 2.75) is 44.2 Å². The zero-order chi connectivity index (χ0) is 11.8. The van der Waals surface area contributed by atoms with Crippen LogP contribution >= 0.6 is 12.4 Å². The maximum absolute atomic E-state index is 12.3. The molecule has 2 heterocycles. The van der Waals surface area contributed by atoms with Crippen LogP contribution in [0.2, 0.25) is 0 Å². The lowest BCUT2D eigenvalue weighted by Crippen LogP contribution is -2.40. The zero-order valence-corrected chi connectivity index (χ0v) is 11.5. The van der Waals surface area contributed by atoms with E-state index in [2.05, 4.69) is 0 Å². The second-order valence-electron chi connectivity index (χ2n) is 5.76. The van der Waals surface area contributed by atoms with Gasteiger partial charge in [0.05, 0.1) is 0 Å². The molecule has 4 nitrogen and oxygen atoms in total. The van der Waals surface area contributed by atoms with Gasteiger partial charge in [-0.05, 0) is 37.5 Å². The summed E-state index contributed by atoms with van der Waals surface area (Å²) in [7, 11) is 0. The van der Waals surface area contributed by atoms with Gasteiger partial charge in [-0.25, -0.2) is 0 Å². The Kier molecular flexibility index (Phi) is 4.51. The highest BCUT2D eigenvalue weighted by Gasteiger charge is 2.42. The number of carbonyl (C=O) groups excluding carboxylic acids is 1. The lowest BCUT2D eigenvalue weighted by Gasteiger charge is -2.29. The van der Waals surface area contributed by atoms with Crippen molar-refractivity contribution in [1.29, 1.82) is 0 Å². The van der Waals surface area contributed by atoms with Crippen LogP contribution < -0.4 is 5.73 Å². The van der Waals surface area contributed by atoms with E-state index in [1.807, 2.05) is 4.90 Å². The van der Waals surface area contributed by atoms with Gasteiger partial charge in [0.15, 0.2) is 0 Å². The molecule has 2 N–H and O–H groups in total. The molecule has 4 atom stereocenters. The Balaban J connectivity index is 0.00000120. The quantitative estimate of drug-likeness (QED) is 0.781. The molecule has 0 radical (unpaired) electrons. The van der Waals surface area contributed by atoms with Crippen molar-refractivity contribution in [3.63, 3.8) is 0 Å². The molecule has 0 aromatic carbocycles. The van der Waals surface area contributed by atoms with Gasteiger partial charge in [-0.3, -0.25) is 4.79 Å². The number of nitrogens with two attached hydrogens (primary N) is 1. The molecule has 104 valence electrons. The highest BCUT2D eigenvalue weighted by atomic mass is 35.5. The Morgan fingerprint density at radius 2 is 2.00 bits per heavy atom. The van der Waals surface area contributed by atoms with Gasteiger partial charge in [0.25, 0.3) is 5.91 Å². The van der Waals surface area contributed by atoms with Crippen molar-refractivity contribution in [1.82, 2.24) is 4.90 Å². The molecule has 18 heavy (non-hydrogen) atoms. The summed E-state index contributed by atoms with van der Waals surface area (Å²) in [5.74, 6) is 1.39. The van der Waals surface area contributed by atoms with Gasteiger partial charge in [-0.15, -0.1) is 12.4 Å². The van der Waals surface area contributed by atoms with E-state index >= 15 is 0 Å². The first-order chi connectivity index (χ1) is 8.25. The van der Waals surface area contributed by atoms with Crippen molar-refractivity contribution >= 4 is 18.3 Å². The SMILES string of the molecule is Cl.NC1CCCC2CN(C(=O)C3CCCO3)CC12. The molecule has 5 heteroatoms. The van der Waals surface area contributed by atoms with Gasteiger partial charge in [0.1, 0.15) is 6.10 Å². The Morgan fingerprint density at radius 3 is 2.67 bits per heavy atom. The molecule has 1 saturated carbocycles. The summed E-state index contributed by atoms with van der Waals surface area (Å²) in [5.41, 5.74) is 6.17. The summed E-state index contributed by atoms with van der Waals surface area (Å²) in [6.45, 7) is 2.53. The Hall–Kier alpha value is -0.320. The molecule has 0 aromatic rings. The molecular formula is C13H23ClN2O2. The molecule has 1 aliphatic carbocycles. The number of hydrogen-bond acceptors (Lipinski definition) is 3. The molecule has 1 amide bonds. The third kappa shape index (κ3) is 2.51. The van der Waals surface area contributed by atoms with Gasteiger partial charge in [-0.2, -0.15) is 0 Å². The standard InChI is InChI=1S/C13H22N2O2.ClH/c14-11-4-1-3-9-7-15(8-10(9)11)13(16)12-5-2-6-17-12;/h9-12H,1-8,14H2;1H. The van der Waals surface area contributed by atoms with Gasteiger partial charge < -0.3 is 15.4 Å². The fourth-order valence-electron chi connectivity index (χ4n) is 3.67. The molecule has 3 rings (SSSR count). The number of amides is 1. The summed E-state index contributed by atoms with van der Waals surface area (Å²) in [4.78, 5) is 14.3. The van der Waals surface area contributed by atoms with Crippen LogP contribution in [-0.2, 0) is 9.53 Å². The molecule has 3 fully saturated rings. The van der Waals surface area contributed by atoms with Crippen molar-refractivity contribution in [3.05, 3.63) is 0 Å². The predicted octanol–water partition coefficient (Wildman–Crippen LogP) is 1.17. The summed E-state index contributed by atoms with van der Waals surface area (Å²) in [6, 6.07) is 0.302. The summed E-state index contributed by atoms with van der Waals surface area (Å²) >= 11 is 0. The highest BCUT2D eigenvalue weighted by Crippen LogP contribution is 2.36. The molecule has 2 saturated heterocycles. The topological polar surface area (TPSA) is 55.6 Å². The fourth-order valence-corrected chi connectivity index (χ4v) is 3.67. The zero-order valence-electron chi connectivity index (χ0n) is 10.7. The average molecular weight is 275 g/mol. The Bertz CT molecular complexity index is 307. The summed E-state index contributed by atoms with van der Waals surface area (Å²) in [5, 5.41) is 0. The number of fused-ring (bicyclic) bond motifs is 1. The number of hydrogen-bond donors (Lipinski definition) is 1. The Morgan fingerprint density at radius 1 is 1.17 bits per heavy atom. The number of likely N-dealkylation sites (tertiary alicyclic amines) is 1. The third-order valence-electron chi connectivity index (χ3n) is 4.67. The molecule has 0 spiro atoms. The van der Waals surface area contributed by atoms with Crippen LogP contribution in [0.4, 0.5) is 0 Å². The van der Waals surface area contributed by atoms with Crippen LogP contribution in [0.25, 0.3) is 0 Å². The monoisotopic (exact) mass is 274 g/mol. The smallest absolute Gasteiger partial charge is 0.251 e. The predicted molar refractivity (Wildman–Crippen MR) is 71.6 cm³/mol. The van der Waals surface area contributed by atoms with Crippen molar-refractivity contribution in [2.75, 3.05) is 19.7 Å². The van der Waals surface area contributed by atoms with Crippen LogP contribution in [0.15, 0.2) is 0 Å². The van der Waals surface area contributed by atoms with Gasteiger partial charge >= 0.3 is 0 Å². The molecular weight excluding hydrogens is 252 g/mol. The van der Waals surface area contributed by atoms with Crippen molar-refractivity contribution in [3.8, 4) is 0 Å². The molecule has 0 aromatic heterocycles. The first kappa shape index (κ1) is 14.1. The minimum Gasteiger partial charge on any atom is -0.368 e. The molecule has 4 unspecified atom stereocenters. The van der Waals surface area contributed by atoms with Crippen molar-refractivity contribution in [2.24, 2.45) is 17.6 Å². The van der Waals surface area contributed by atoms with Crippen molar-refractivity contribution < 1.29 is 9.53 Å². The second-order valence-corrected chi connectivity index (χ2v) is 5.76. The number of rotatable bonds is 1. The van der Waals surface area contributed by atoms with E-state index in [9.17, 15) is 4.79 Å². The summed E-state index contributed by atoms with van der Waals surface area (Å²) < 4.78 is 5.48. The van der Waals surface area contributed by atoms with E-state index in [4.69, 9.17) is 10.5 Å². The van der Waals surface area contributed by atoms with E-state index in [0.717, 1.165) is 39.0 Å². The van der Waals surface area contributed by atoms with E-state index in [1.165, 1.54) is 12.8 Å². The first-order valence-corrected chi connectivity index (χ1v) is 6.91. The van der Waals surface area contributed by atoms with Gasteiger partial charge in [0.2, 0.25) is 0 Å². The minimum absolute atomic E-state index is 0. The lowest BCUT2D eigenvalue weighted by molar-refractivity contribution is -0.140. The van der Waals surface area contributed by atoms with Crippen LogP contribution in [0, 0.1) is 11.8 Å². The van der Waals surface area contributed by atoms with Gasteiger partial charge in [-0.1, -0.05) is 6.42 Å². The largest absolute Gasteiger partial charge is 0.368 e. The first-order valence-electron chi connectivity index (χ1n) is 6.91. The second kappa shape index (κ2) is 5.76. The molecule has 2 aliphatic heterocycles. The summed E-state index contributed by atoms with van der Waals surface area (Å²) in [6.07, 6.45) is 5.36. The van der Waals surface area contributed by atoms with E-state index in [1.54, 1.807) is 0 Å². The Labute approximate surface area is 115 Å². The van der Waals surface area contributed by atoms with E-state index in [0.29, 0.717) is 17.9 Å². The lowest BCUT2D eigenvalue weighted by atomic mass is 9.78. The van der Waals surface area contributed by atoms with Crippen LogP contribution in [0.5, 0.6) is 0 Å². The average Bonchev–Trinajstić information content (AvgIpc) is 2.98. The van der Waals surface area contributed by atoms with Crippen LogP contribution in [0.3, 0.4) is 0 Å².